The van der Waals surface area contributed by atoms with E-state index in [4.69, 9.17) is 9.31 Å². The second-order valence-electron chi connectivity index (χ2n) is 6.38. The first-order valence-electron chi connectivity index (χ1n) is 7.38. The monoisotopic (exact) mass is 332 g/mol. The molecule has 0 unspecified atom stereocenters. The van der Waals surface area contributed by atoms with Crippen molar-refractivity contribution in [2.45, 2.75) is 38.9 Å². The summed E-state index contributed by atoms with van der Waals surface area (Å²) in [5.74, 6) is 0. The fourth-order valence-electron chi connectivity index (χ4n) is 2.21. The van der Waals surface area contributed by atoms with E-state index in [2.05, 4.69) is 9.97 Å². The molecule has 0 N–H and O–H groups in total. The molecule has 0 bridgehead atoms. The molecule has 0 atom stereocenters. The lowest BCUT2D eigenvalue weighted by Gasteiger charge is -2.32. The Kier molecular flexibility index (Phi) is 4.12. The minimum atomic E-state index is -1.03. The van der Waals surface area contributed by atoms with Crippen LogP contribution in [-0.4, -0.2) is 28.3 Å². The summed E-state index contributed by atoms with van der Waals surface area (Å²) in [6.45, 7) is 7.55. The Morgan fingerprint density at radius 2 is 1.83 bits per heavy atom. The summed E-state index contributed by atoms with van der Waals surface area (Å²) in [5, 5.41) is 1.95. The number of hydrogen-bond donors (Lipinski definition) is 0. The highest BCUT2D eigenvalue weighted by atomic mass is 32.1. The van der Waals surface area contributed by atoms with E-state index in [0.717, 1.165) is 4.88 Å². The fourth-order valence-corrected chi connectivity index (χ4v) is 2.94. The van der Waals surface area contributed by atoms with Crippen LogP contribution in [0.25, 0.3) is 16.6 Å². The molecule has 0 saturated carbocycles. The third-order valence-electron chi connectivity index (χ3n) is 4.23. The van der Waals surface area contributed by atoms with Crippen molar-refractivity contribution in [2.24, 2.45) is 0 Å². The van der Waals surface area contributed by atoms with E-state index >= 15 is 0 Å². The van der Waals surface area contributed by atoms with Gasteiger partial charge in [0.05, 0.1) is 21.8 Å². The highest BCUT2D eigenvalue weighted by Crippen LogP contribution is 2.39. The second-order valence-corrected chi connectivity index (χ2v) is 7.33. The molecule has 0 radical (unpaired) electrons. The predicted molar refractivity (Wildman–Crippen MR) is 90.5 cm³/mol. The molecule has 23 heavy (non-hydrogen) atoms. The van der Waals surface area contributed by atoms with Gasteiger partial charge in [-0.05, 0) is 45.2 Å². The van der Waals surface area contributed by atoms with Gasteiger partial charge in [-0.25, -0.2) is 4.39 Å². The van der Waals surface area contributed by atoms with Gasteiger partial charge in [-0.1, -0.05) is 6.07 Å². The summed E-state index contributed by atoms with van der Waals surface area (Å²) in [5.41, 5.74) is -0.567. The van der Waals surface area contributed by atoms with Crippen molar-refractivity contribution < 1.29 is 13.7 Å². The minimum absolute atomic E-state index is 0.460. The van der Waals surface area contributed by atoms with Crippen molar-refractivity contribution in [3.05, 3.63) is 41.3 Å². The van der Waals surface area contributed by atoms with Crippen molar-refractivity contribution >= 4 is 24.5 Å². The van der Waals surface area contributed by atoms with Gasteiger partial charge < -0.3 is 9.31 Å². The Bertz CT molecular complexity index is 715. The van der Waals surface area contributed by atoms with Gasteiger partial charge in [-0.3, -0.25) is 9.97 Å². The lowest BCUT2D eigenvalue weighted by atomic mass is 9.87. The quantitative estimate of drug-likeness (QED) is 0.792. The van der Waals surface area contributed by atoms with Crippen LogP contribution in [0, 0.1) is 0 Å². The topological polar surface area (TPSA) is 44.2 Å². The molecular formula is C16H18BFN2O2S. The molecule has 3 rings (SSSR count). The van der Waals surface area contributed by atoms with Crippen LogP contribution in [0.5, 0.6) is 0 Å². The molecule has 0 aliphatic carbocycles. The first-order valence-corrected chi connectivity index (χ1v) is 8.26. The molecule has 1 saturated heterocycles. The van der Waals surface area contributed by atoms with Gasteiger partial charge in [0.1, 0.15) is 11.4 Å². The Hall–Kier alpha value is -1.57. The van der Waals surface area contributed by atoms with Crippen LogP contribution < -0.4 is 0 Å². The molecule has 3 heterocycles. The second kappa shape index (κ2) is 5.81. The Balaban J connectivity index is 1.91. The molecule has 0 amide bonds. The molecule has 1 fully saturated rings. The number of halogens is 1. The maximum Gasteiger partial charge on any atom is 0.525 e. The van der Waals surface area contributed by atoms with Crippen molar-refractivity contribution in [2.75, 3.05) is 0 Å². The lowest BCUT2D eigenvalue weighted by molar-refractivity contribution is 0.00578. The summed E-state index contributed by atoms with van der Waals surface area (Å²) in [6, 6.07) is 3.85. The fraction of sp³-hybridized carbons (Fsp3) is 0.375. The Labute approximate surface area is 139 Å². The highest BCUT2D eigenvalue weighted by molar-refractivity contribution is 7.13. The number of aromatic nitrogens is 2. The van der Waals surface area contributed by atoms with Crippen LogP contribution in [0.3, 0.4) is 0 Å². The molecule has 0 spiro atoms. The van der Waals surface area contributed by atoms with E-state index in [0.29, 0.717) is 11.4 Å². The zero-order valence-corrected chi connectivity index (χ0v) is 14.4. The van der Waals surface area contributed by atoms with Gasteiger partial charge in [0.2, 0.25) is 0 Å². The van der Waals surface area contributed by atoms with Crippen LogP contribution in [0.15, 0.2) is 35.6 Å². The third kappa shape index (κ3) is 3.09. The average molecular weight is 332 g/mol. The average Bonchev–Trinajstić information content (AvgIpc) is 3.06. The van der Waals surface area contributed by atoms with E-state index in [9.17, 15) is 4.39 Å². The van der Waals surface area contributed by atoms with E-state index in [1.165, 1.54) is 17.4 Å². The van der Waals surface area contributed by atoms with Gasteiger partial charge in [0.25, 0.3) is 0 Å². The Morgan fingerprint density at radius 3 is 2.43 bits per heavy atom. The van der Waals surface area contributed by atoms with Crippen LogP contribution in [0.1, 0.15) is 33.4 Å². The van der Waals surface area contributed by atoms with Crippen molar-refractivity contribution in [3.63, 3.8) is 0 Å². The van der Waals surface area contributed by atoms with Gasteiger partial charge >= 0.3 is 7.12 Å². The largest absolute Gasteiger partial charge is 0.525 e. The summed E-state index contributed by atoms with van der Waals surface area (Å²) in [7, 11) is -1.03. The zero-order valence-electron chi connectivity index (χ0n) is 13.5. The predicted octanol–water partition coefficient (Wildman–Crippen LogP) is 4.15. The number of nitrogens with zero attached hydrogens (tertiary/aromatic N) is 2. The summed E-state index contributed by atoms with van der Waals surface area (Å²) in [4.78, 5) is 9.48. The molecule has 1 aliphatic heterocycles. The lowest BCUT2D eigenvalue weighted by Crippen LogP contribution is -2.41. The van der Waals surface area contributed by atoms with Crippen LogP contribution in [0.2, 0.25) is 0 Å². The third-order valence-corrected chi connectivity index (χ3v) is 5.11. The highest BCUT2D eigenvalue weighted by Gasteiger charge is 2.53. The van der Waals surface area contributed by atoms with Crippen LogP contribution in [0.4, 0.5) is 4.39 Å². The van der Waals surface area contributed by atoms with Crippen molar-refractivity contribution in [1.29, 1.82) is 0 Å². The van der Waals surface area contributed by atoms with E-state index in [1.54, 1.807) is 12.4 Å². The normalized spacial score (nSPS) is 20.0. The maximum absolute atomic E-state index is 14.6. The molecule has 1 aliphatic rings. The van der Waals surface area contributed by atoms with Gasteiger partial charge in [-0.15, -0.1) is 11.3 Å². The molecule has 2 aromatic rings. The zero-order chi connectivity index (χ0) is 16.7. The first kappa shape index (κ1) is 16.3. The van der Waals surface area contributed by atoms with E-state index in [1.807, 2.05) is 45.2 Å². The SMILES string of the molecule is CC1(C)OB(C(F)=Cc2nccnc2-c2cccs2)OC1(C)C. The number of hydrogen-bond acceptors (Lipinski definition) is 5. The molecule has 0 aromatic carbocycles. The van der Waals surface area contributed by atoms with E-state index < -0.39 is 24.0 Å². The first-order chi connectivity index (χ1) is 10.8. The van der Waals surface area contributed by atoms with Gasteiger partial charge in [0, 0.05) is 12.4 Å². The van der Waals surface area contributed by atoms with Gasteiger partial charge in [0.15, 0.2) is 0 Å². The van der Waals surface area contributed by atoms with Crippen molar-refractivity contribution in [1.82, 2.24) is 9.97 Å². The summed E-state index contributed by atoms with van der Waals surface area (Å²) >= 11 is 1.53. The van der Waals surface area contributed by atoms with Crippen molar-refractivity contribution in [3.8, 4) is 10.6 Å². The van der Waals surface area contributed by atoms with Crippen LogP contribution in [-0.2, 0) is 9.31 Å². The van der Waals surface area contributed by atoms with E-state index in [-0.39, 0.29) is 0 Å². The molecule has 7 heteroatoms. The standard InChI is InChI=1S/C16H18BFN2O2S/c1-15(2)16(3,4)22-17(21-15)13(18)10-11-14(20-8-7-19-11)12-6-5-9-23-12/h5-10H,1-4H3. The minimum Gasteiger partial charge on any atom is -0.398 e. The Morgan fingerprint density at radius 1 is 1.17 bits per heavy atom. The number of rotatable bonds is 3. The molecular weight excluding hydrogens is 314 g/mol. The smallest absolute Gasteiger partial charge is 0.398 e. The summed E-state index contributed by atoms with van der Waals surface area (Å²) in [6.07, 6.45) is 4.48. The summed E-state index contributed by atoms with van der Waals surface area (Å²) < 4.78 is 26.1. The maximum atomic E-state index is 14.6. The molecule has 2 aromatic heterocycles. The van der Waals surface area contributed by atoms with Crippen LogP contribution >= 0.6 is 11.3 Å². The number of thiophene rings is 1. The van der Waals surface area contributed by atoms with Gasteiger partial charge in [-0.2, -0.15) is 0 Å². The molecule has 120 valence electrons. The molecule has 4 nitrogen and oxygen atoms in total.